The van der Waals surface area contributed by atoms with Crippen molar-refractivity contribution in [2.75, 3.05) is 0 Å². The zero-order chi connectivity index (χ0) is 14.5. The molecule has 0 saturated heterocycles. The van der Waals surface area contributed by atoms with Gasteiger partial charge in [0.1, 0.15) is 11.6 Å². The quantitative estimate of drug-likeness (QED) is 0.741. The van der Waals surface area contributed by atoms with Crippen LogP contribution in [0.15, 0.2) is 0 Å². The van der Waals surface area contributed by atoms with Crippen molar-refractivity contribution in [1.29, 1.82) is 0 Å². The maximum atomic E-state index is 12.1. The van der Waals surface area contributed by atoms with Gasteiger partial charge in [0.25, 0.3) is 0 Å². The summed E-state index contributed by atoms with van der Waals surface area (Å²) in [7, 11) is 0. The number of carbonyl (C=O) groups excluding carboxylic acids is 1. The summed E-state index contributed by atoms with van der Waals surface area (Å²) in [4.78, 5) is 12.1. The summed E-state index contributed by atoms with van der Waals surface area (Å²) in [5, 5.41) is 3.40. The highest BCUT2D eigenvalue weighted by Crippen LogP contribution is 2.14. The zero-order valence-electron chi connectivity index (χ0n) is 13.3. The van der Waals surface area contributed by atoms with Gasteiger partial charge in [0.2, 0.25) is 0 Å². The number of hydrogen-bond donors (Lipinski definition) is 1. The fourth-order valence-corrected chi connectivity index (χ4v) is 1.98. The van der Waals surface area contributed by atoms with E-state index >= 15 is 0 Å². The predicted octanol–water partition coefficient (Wildman–Crippen LogP) is 3.38. The predicted molar refractivity (Wildman–Crippen MR) is 76.5 cm³/mol. The van der Waals surface area contributed by atoms with Gasteiger partial charge in [-0.1, -0.05) is 27.7 Å². The van der Waals surface area contributed by atoms with E-state index in [1.165, 1.54) is 0 Å². The maximum Gasteiger partial charge on any atom is 0.323 e. The molecular weight excluding hydrogens is 226 g/mol. The third-order valence-electron chi connectivity index (χ3n) is 2.62. The van der Waals surface area contributed by atoms with Gasteiger partial charge >= 0.3 is 5.97 Å². The molecule has 0 aromatic carbocycles. The van der Waals surface area contributed by atoms with Gasteiger partial charge in [0.05, 0.1) is 0 Å². The van der Waals surface area contributed by atoms with E-state index in [0.29, 0.717) is 12.0 Å². The number of nitrogens with one attached hydrogen (secondary N) is 1. The Hall–Kier alpha value is -0.570. The SMILES string of the molecule is CC(C)C[C@@H](C)N[C@@H](C(=O)OC(C)(C)C)C(C)C. The summed E-state index contributed by atoms with van der Waals surface area (Å²) < 4.78 is 5.47. The van der Waals surface area contributed by atoms with Crippen LogP contribution in [0.3, 0.4) is 0 Å². The lowest BCUT2D eigenvalue weighted by Crippen LogP contribution is -2.48. The third kappa shape index (κ3) is 7.70. The van der Waals surface area contributed by atoms with Crippen LogP contribution in [0.2, 0.25) is 0 Å². The molecule has 0 aliphatic rings. The largest absolute Gasteiger partial charge is 0.459 e. The molecule has 108 valence electrons. The van der Waals surface area contributed by atoms with E-state index in [9.17, 15) is 4.79 Å². The van der Waals surface area contributed by atoms with Crippen LogP contribution in [0.25, 0.3) is 0 Å². The van der Waals surface area contributed by atoms with Crippen LogP contribution in [0.1, 0.15) is 61.8 Å². The number of esters is 1. The number of carbonyl (C=O) groups is 1. The highest BCUT2D eigenvalue weighted by molar-refractivity contribution is 5.76. The third-order valence-corrected chi connectivity index (χ3v) is 2.62. The van der Waals surface area contributed by atoms with Crippen molar-refractivity contribution in [3.63, 3.8) is 0 Å². The normalized spacial score (nSPS) is 15.9. The van der Waals surface area contributed by atoms with Gasteiger partial charge in [0, 0.05) is 6.04 Å². The zero-order valence-corrected chi connectivity index (χ0v) is 13.3. The van der Waals surface area contributed by atoms with Crippen LogP contribution in [-0.4, -0.2) is 23.7 Å². The second kappa shape index (κ2) is 7.13. The molecule has 1 N–H and O–H groups in total. The Balaban J connectivity index is 4.52. The monoisotopic (exact) mass is 257 g/mol. The first-order valence-corrected chi connectivity index (χ1v) is 7.01. The van der Waals surface area contributed by atoms with Crippen molar-refractivity contribution >= 4 is 5.97 Å². The molecule has 0 bridgehead atoms. The van der Waals surface area contributed by atoms with E-state index in [1.807, 2.05) is 34.6 Å². The Kier molecular flexibility index (Phi) is 6.90. The van der Waals surface area contributed by atoms with Crippen LogP contribution in [0, 0.1) is 11.8 Å². The van der Waals surface area contributed by atoms with Crippen molar-refractivity contribution in [1.82, 2.24) is 5.32 Å². The minimum Gasteiger partial charge on any atom is -0.459 e. The average Bonchev–Trinajstić information content (AvgIpc) is 2.09. The number of rotatable bonds is 6. The topological polar surface area (TPSA) is 38.3 Å². The molecule has 2 atom stereocenters. The standard InChI is InChI=1S/C15H31NO2/c1-10(2)9-12(5)16-13(11(3)4)14(17)18-15(6,7)8/h10-13,16H,9H2,1-8H3/t12-,13-/m1/s1. The molecule has 0 aliphatic carbocycles. The fraction of sp³-hybridized carbons (Fsp3) is 0.933. The second-order valence-corrected chi connectivity index (χ2v) is 6.95. The average molecular weight is 257 g/mol. The second-order valence-electron chi connectivity index (χ2n) is 6.95. The van der Waals surface area contributed by atoms with Gasteiger partial charge < -0.3 is 10.1 Å². The Morgan fingerprint density at radius 3 is 1.94 bits per heavy atom. The number of hydrogen-bond acceptors (Lipinski definition) is 3. The lowest BCUT2D eigenvalue weighted by atomic mass is 10.00. The van der Waals surface area contributed by atoms with Crippen LogP contribution < -0.4 is 5.32 Å². The highest BCUT2D eigenvalue weighted by Gasteiger charge is 2.28. The molecule has 0 rings (SSSR count). The van der Waals surface area contributed by atoms with Gasteiger partial charge in [-0.2, -0.15) is 0 Å². The minimum absolute atomic E-state index is 0.145. The smallest absolute Gasteiger partial charge is 0.323 e. The van der Waals surface area contributed by atoms with Gasteiger partial charge in [-0.15, -0.1) is 0 Å². The molecule has 0 heterocycles. The van der Waals surface area contributed by atoms with Crippen molar-refractivity contribution in [2.45, 2.75) is 79.5 Å². The van der Waals surface area contributed by atoms with Crippen molar-refractivity contribution < 1.29 is 9.53 Å². The minimum atomic E-state index is -0.423. The molecule has 3 nitrogen and oxygen atoms in total. The van der Waals surface area contributed by atoms with E-state index in [0.717, 1.165) is 6.42 Å². The molecule has 3 heteroatoms. The first-order valence-electron chi connectivity index (χ1n) is 7.01. The summed E-state index contributed by atoms with van der Waals surface area (Å²) in [5.41, 5.74) is -0.423. The highest BCUT2D eigenvalue weighted by atomic mass is 16.6. The summed E-state index contributed by atoms with van der Waals surface area (Å²) in [6, 6.07) is 0.0999. The molecule has 0 spiro atoms. The van der Waals surface area contributed by atoms with Gasteiger partial charge in [0.15, 0.2) is 0 Å². The summed E-state index contributed by atoms with van der Waals surface area (Å²) in [6.07, 6.45) is 1.06. The molecular formula is C15H31NO2. The molecule has 0 aliphatic heterocycles. The van der Waals surface area contributed by atoms with Crippen LogP contribution in [-0.2, 0) is 9.53 Å². The van der Waals surface area contributed by atoms with Crippen molar-refractivity contribution in [2.24, 2.45) is 11.8 Å². The molecule has 0 aromatic rings. The number of ether oxygens (including phenoxy) is 1. The maximum absolute atomic E-state index is 12.1. The lowest BCUT2D eigenvalue weighted by molar-refractivity contribution is -0.159. The van der Waals surface area contributed by atoms with Crippen LogP contribution in [0.5, 0.6) is 0 Å². The van der Waals surface area contributed by atoms with Crippen molar-refractivity contribution in [3.05, 3.63) is 0 Å². The van der Waals surface area contributed by atoms with E-state index in [2.05, 4.69) is 26.1 Å². The van der Waals surface area contributed by atoms with Gasteiger partial charge in [-0.3, -0.25) is 4.79 Å². The van der Waals surface area contributed by atoms with E-state index < -0.39 is 5.60 Å². The Morgan fingerprint density at radius 1 is 1.11 bits per heavy atom. The van der Waals surface area contributed by atoms with Crippen LogP contribution >= 0.6 is 0 Å². The fourth-order valence-electron chi connectivity index (χ4n) is 1.98. The van der Waals surface area contributed by atoms with Crippen molar-refractivity contribution in [3.8, 4) is 0 Å². The molecule has 0 aromatic heterocycles. The molecule has 18 heavy (non-hydrogen) atoms. The molecule has 0 amide bonds. The Labute approximate surface area is 113 Å². The lowest BCUT2D eigenvalue weighted by Gasteiger charge is -2.29. The Morgan fingerprint density at radius 2 is 1.61 bits per heavy atom. The summed E-state index contributed by atoms with van der Waals surface area (Å²) in [5.74, 6) is 0.710. The first kappa shape index (κ1) is 17.4. The van der Waals surface area contributed by atoms with Gasteiger partial charge in [-0.05, 0) is 46.0 Å². The van der Waals surface area contributed by atoms with E-state index in [1.54, 1.807) is 0 Å². The van der Waals surface area contributed by atoms with E-state index in [-0.39, 0.29) is 17.9 Å². The van der Waals surface area contributed by atoms with Gasteiger partial charge in [-0.25, -0.2) is 0 Å². The molecule has 0 radical (unpaired) electrons. The first-order chi connectivity index (χ1) is 8.03. The molecule has 0 unspecified atom stereocenters. The molecule has 0 fully saturated rings. The summed E-state index contributed by atoms with van der Waals surface area (Å²) >= 11 is 0. The Bertz CT molecular complexity index is 254. The molecule has 0 saturated carbocycles. The van der Waals surface area contributed by atoms with E-state index in [4.69, 9.17) is 4.74 Å². The van der Waals surface area contributed by atoms with Crippen LogP contribution in [0.4, 0.5) is 0 Å². The summed E-state index contributed by atoms with van der Waals surface area (Å²) in [6.45, 7) is 16.3.